The van der Waals surface area contributed by atoms with Crippen molar-refractivity contribution in [3.8, 4) is 0 Å². The highest BCUT2D eigenvalue weighted by Crippen LogP contribution is 2.47. The van der Waals surface area contributed by atoms with E-state index in [2.05, 4.69) is 65.7 Å². The van der Waals surface area contributed by atoms with Crippen molar-refractivity contribution in [2.24, 2.45) is 0 Å². The Labute approximate surface area is 138 Å². The second-order valence-corrected chi connectivity index (χ2v) is 7.15. The molecule has 1 fully saturated rings. The first-order valence-corrected chi connectivity index (χ1v) is 8.48. The van der Waals surface area contributed by atoms with Crippen LogP contribution in [0.1, 0.15) is 56.1 Å². The molecule has 1 aliphatic carbocycles. The number of aromatic nitrogens is 2. The molecule has 0 amide bonds. The average molecular weight is 394 g/mol. The first-order chi connectivity index (χ1) is 10.0. The van der Waals surface area contributed by atoms with Crippen LogP contribution in [0.4, 0.5) is 0 Å². The third-order valence-electron chi connectivity index (χ3n) is 4.42. The van der Waals surface area contributed by atoms with Gasteiger partial charge in [-0.1, -0.05) is 50.6 Å². The number of nitrogens with one attached hydrogen (secondary N) is 1. The Morgan fingerprint density at radius 1 is 1.24 bits per heavy atom. The molecule has 21 heavy (non-hydrogen) atoms. The maximum absolute atomic E-state index is 12.3. The Bertz CT molecular complexity index is 702. The van der Waals surface area contributed by atoms with Gasteiger partial charge in [-0.25, -0.2) is 4.98 Å². The minimum Gasteiger partial charge on any atom is -0.309 e. The van der Waals surface area contributed by atoms with E-state index in [0.29, 0.717) is 3.57 Å². The van der Waals surface area contributed by atoms with Crippen LogP contribution in [0.25, 0.3) is 0 Å². The lowest BCUT2D eigenvalue weighted by Gasteiger charge is -2.41. The minimum absolute atomic E-state index is 0.00786. The molecule has 0 spiro atoms. The largest absolute Gasteiger partial charge is 0.309 e. The van der Waals surface area contributed by atoms with Crippen LogP contribution in [-0.4, -0.2) is 9.97 Å². The number of hydrogen-bond acceptors (Lipinski definition) is 2. The normalized spacial score (nSPS) is 16.8. The van der Waals surface area contributed by atoms with Crippen LogP contribution in [0.3, 0.4) is 0 Å². The lowest BCUT2D eigenvalue weighted by molar-refractivity contribution is 0.283. The molecular formula is C17H19IN2O. The van der Waals surface area contributed by atoms with Crippen LogP contribution in [0.15, 0.2) is 35.1 Å². The molecule has 1 aromatic carbocycles. The van der Waals surface area contributed by atoms with Crippen LogP contribution in [0.5, 0.6) is 0 Å². The second kappa shape index (κ2) is 5.55. The maximum atomic E-state index is 12.3. The number of nitrogens with zero attached hydrogens (tertiary/aromatic N) is 1. The van der Waals surface area contributed by atoms with Gasteiger partial charge >= 0.3 is 0 Å². The van der Waals surface area contributed by atoms with E-state index in [1.807, 2.05) is 6.07 Å². The van der Waals surface area contributed by atoms with Gasteiger partial charge in [0.25, 0.3) is 5.56 Å². The molecule has 4 heteroatoms. The summed E-state index contributed by atoms with van der Waals surface area (Å²) in [5, 5.41) is 0. The van der Waals surface area contributed by atoms with Crippen LogP contribution >= 0.6 is 22.6 Å². The Hall–Kier alpha value is -1.17. The van der Waals surface area contributed by atoms with Crippen molar-refractivity contribution < 1.29 is 0 Å². The van der Waals surface area contributed by atoms with Crippen LogP contribution < -0.4 is 5.56 Å². The zero-order valence-corrected chi connectivity index (χ0v) is 14.5. The van der Waals surface area contributed by atoms with E-state index in [1.165, 1.54) is 12.0 Å². The summed E-state index contributed by atoms with van der Waals surface area (Å²) in [6, 6.07) is 10.4. The Morgan fingerprint density at radius 3 is 2.43 bits per heavy atom. The van der Waals surface area contributed by atoms with Crippen molar-refractivity contribution in [1.82, 2.24) is 9.97 Å². The molecule has 1 aromatic heterocycles. The van der Waals surface area contributed by atoms with E-state index in [0.717, 1.165) is 24.4 Å². The van der Waals surface area contributed by atoms with E-state index in [-0.39, 0.29) is 16.9 Å². The summed E-state index contributed by atoms with van der Waals surface area (Å²) in [7, 11) is 0. The van der Waals surface area contributed by atoms with E-state index >= 15 is 0 Å². The average Bonchev–Trinajstić information content (AvgIpc) is 2.42. The summed E-state index contributed by atoms with van der Waals surface area (Å²) in [4.78, 5) is 20.2. The van der Waals surface area contributed by atoms with E-state index in [9.17, 15) is 4.79 Å². The standard InChI is InChI=1S/C17H19IN2O/c1-11(2)14-13(18)15(21)20-16(19-14)17(9-6-10-17)12-7-4-3-5-8-12/h3-5,7-8,11H,6,9-10H2,1-2H3,(H,19,20,21). The van der Waals surface area contributed by atoms with Gasteiger partial charge in [-0.2, -0.15) is 0 Å². The lowest BCUT2D eigenvalue weighted by atomic mass is 9.64. The van der Waals surface area contributed by atoms with E-state index < -0.39 is 0 Å². The van der Waals surface area contributed by atoms with Gasteiger partial charge in [-0.05, 0) is 46.9 Å². The molecule has 0 saturated heterocycles. The zero-order chi connectivity index (χ0) is 15.0. The molecule has 0 aliphatic heterocycles. The molecule has 1 heterocycles. The zero-order valence-electron chi connectivity index (χ0n) is 12.3. The highest BCUT2D eigenvalue weighted by Gasteiger charge is 2.43. The quantitative estimate of drug-likeness (QED) is 0.801. The van der Waals surface area contributed by atoms with E-state index in [1.54, 1.807) is 0 Å². The minimum atomic E-state index is -0.103. The smallest absolute Gasteiger partial charge is 0.264 e. The molecule has 0 unspecified atom stereocenters. The molecule has 1 N–H and O–H groups in total. The summed E-state index contributed by atoms with van der Waals surface area (Å²) in [5.41, 5.74) is 2.06. The molecule has 0 bridgehead atoms. The van der Waals surface area contributed by atoms with Crippen molar-refractivity contribution in [2.75, 3.05) is 0 Å². The molecule has 2 aromatic rings. The van der Waals surface area contributed by atoms with Gasteiger partial charge in [0.2, 0.25) is 0 Å². The third-order valence-corrected chi connectivity index (χ3v) is 5.46. The van der Waals surface area contributed by atoms with Crippen molar-refractivity contribution >= 4 is 22.6 Å². The number of H-pyrrole nitrogens is 1. The fourth-order valence-corrected chi connectivity index (χ4v) is 3.91. The third kappa shape index (κ3) is 2.43. The van der Waals surface area contributed by atoms with E-state index in [4.69, 9.17) is 4.98 Å². The summed E-state index contributed by atoms with van der Waals surface area (Å²) >= 11 is 2.10. The fourth-order valence-electron chi connectivity index (χ4n) is 3.04. The molecule has 0 radical (unpaired) electrons. The first-order valence-electron chi connectivity index (χ1n) is 7.40. The van der Waals surface area contributed by atoms with Gasteiger partial charge in [0.1, 0.15) is 5.82 Å². The fraction of sp³-hybridized carbons (Fsp3) is 0.412. The molecule has 1 aliphatic rings. The maximum Gasteiger partial charge on any atom is 0.264 e. The monoisotopic (exact) mass is 394 g/mol. The SMILES string of the molecule is CC(C)c1nc(C2(c3ccccc3)CCC2)[nH]c(=O)c1I. The van der Waals surface area contributed by atoms with Gasteiger partial charge in [0.15, 0.2) is 0 Å². The van der Waals surface area contributed by atoms with Crippen molar-refractivity contribution in [3.63, 3.8) is 0 Å². The molecule has 3 nitrogen and oxygen atoms in total. The van der Waals surface area contributed by atoms with Crippen LogP contribution in [0.2, 0.25) is 0 Å². The van der Waals surface area contributed by atoms with Gasteiger partial charge in [0.05, 0.1) is 14.7 Å². The van der Waals surface area contributed by atoms with Crippen molar-refractivity contribution in [3.05, 3.63) is 61.3 Å². The van der Waals surface area contributed by atoms with Gasteiger partial charge in [-0.15, -0.1) is 0 Å². The van der Waals surface area contributed by atoms with Gasteiger partial charge in [-0.3, -0.25) is 4.79 Å². The summed E-state index contributed by atoms with van der Waals surface area (Å²) in [6.07, 6.45) is 3.29. The molecule has 0 atom stereocenters. The van der Waals surface area contributed by atoms with Crippen molar-refractivity contribution in [2.45, 2.75) is 44.4 Å². The van der Waals surface area contributed by atoms with Crippen LogP contribution in [-0.2, 0) is 5.41 Å². The Morgan fingerprint density at radius 2 is 1.90 bits per heavy atom. The number of benzene rings is 1. The summed E-state index contributed by atoms with van der Waals surface area (Å²) in [6.45, 7) is 4.17. The molecular weight excluding hydrogens is 375 g/mol. The molecule has 3 rings (SSSR count). The number of hydrogen-bond donors (Lipinski definition) is 1. The van der Waals surface area contributed by atoms with Crippen molar-refractivity contribution in [1.29, 1.82) is 0 Å². The number of aromatic amines is 1. The van der Waals surface area contributed by atoms with Crippen LogP contribution in [0, 0.1) is 3.57 Å². The summed E-state index contributed by atoms with van der Waals surface area (Å²) in [5.74, 6) is 1.10. The second-order valence-electron chi connectivity index (χ2n) is 6.07. The number of rotatable bonds is 3. The highest BCUT2D eigenvalue weighted by molar-refractivity contribution is 14.1. The lowest BCUT2D eigenvalue weighted by Crippen LogP contribution is -2.39. The predicted molar refractivity (Wildman–Crippen MR) is 92.7 cm³/mol. The Kier molecular flexibility index (Phi) is 3.90. The summed E-state index contributed by atoms with van der Waals surface area (Å²) < 4.78 is 0.717. The topological polar surface area (TPSA) is 45.8 Å². The molecule has 1 saturated carbocycles. The first kappa shape index (κ1) is 14.8. The molecule has 110 valence electrons. The predicted octanol–water partition coefficient (Wildman–Crippen LogP) is 3.97. The number of halogens is 1. The van der Waals surface area contributed by atoms with Gasteiger partial charge in [0, 0.05) is 0 Å². The highest BCUT2D eigenvalue weighted by atomic mass is 127. The Balaban J connectivity index is 2.17. The van der Waals surface area contributed by atoms with Gasteiger partial charge < -0.3 is 4.98 Å².